The van der Waals surface area contributed by atoms with Gasteiger partial charge < -0.3 is 16.0 Å². The number of aryl methyl sites for hydroxylation is 1. The van der Waals surface area contributed by atoms with Crippen LogP contribution in [0.4, 0.5) is 0 Å². The van der Waals surface area contributed by atoms with Gasteiger partial charge in [0.25, 0.3) is 0 Å². The van der Waals surface area contributed by atoms with Gasteiger partial charge in [0.2, 0.25) is 5.91 Å². The molecule has 1 aliphatic rings. The van der Waals surface area contributed by atoms with Crippen molar-refractivity contribution in [1.82, 2.24) is 15.3 Å². The molecule has 1 aliphatic carbocycles. The van der Waals surface area contributed by atoms with Gasteiger partial charge in [-0.25, -0.2) is 4.98 Å². The molecule has 0 saturated heterocycles. The van der Waals surface area contributed by atoms with E-state index in [0.717, 1.165) is 55.4 Å². The van der Waals surface area contributed by atoms with Crippen LogP contribution < -0.4 is 11.1 Å². The number of amides is 1. The number of imidazole rings is 1. The van der Waals surface area contributed by atoms with Gasteiger partial charge in [-0.1, -0.05) is 25.0 Å². The average molecular weight is 359 g/mol. The monoisotopic (exact) mass is 358 g/mol. The molecule has 0 unspecified atom stereocenters. The smallest absolute Gasteiger partial charge is 0.240 e. The molecular formula is C16H24Cl2N4O. The van der Waals surface area contributed by atoms with Crippen molar-refractivity contribution in [3.8, 4) is 0 Å². The van der Waals surface area contributed by atoms with Crippen molar-refractivity contribution < 1.29 is 4.79 Å². The molecule has 0 spiro atoms. The van der Waals surface area contributed by atoms with Gasteiger partial charge in [0.15, 0.2) is 0 Å². The number of benzene rings is 1. The number of aromatic nitrogens is 2. The number of H-pyrrole nitrogens is 1. The van der Waals surface area contributed by atoms with E-state index in [1.807, 2.05) is 24.3 Å². The van der Waals surface area contributed by atoms with Crippen LogP contribution >= 0.6 is 24.8 Å². The Morgan fingerprint density at radius 3 is 2.65 bits per heavy atom. The van der Waals surface area contributed by atoms with E-state index in [-0.39, 0.29) is 30.7 Å². The minimum Gasteiger partial charge on any atom is -0.354 e. The third-order valence-corrected chi connectivity index (χ3v) is 4.26. The van der Waals surface area contributed by atoms with Crippen molar-refractivity contribution in [2.75, 3.05) is 6.54 Å². The minimum atomic E-state index is -0.626. The molecule has 5 nitrogen and oxygen atoms in total. The highest BCUT2D eigenvalue weighted by molar-refractivity contribution is 5.86. The standard InChI is InChI=1S/C16H22N4O.2ClH/c17-16(9-3-4-10-16)15(21)18-11-5-8-14-19-12-6-1-2-7-13(12)20-14;;/h1-2,6-7H,3-5,8-11,17H2,(H,18,21)(H,19,20);2*1H. The van der Waals surface area contributed by atoms with Crippen LogP contribution in [0.5, 0.6) is 0 Å². The maximum Gasteiger partial charge on any atom is 0.240 e. The molecule has 1 aromatic heterocycles. The Labute approximate surface area is 148 Å². The van der Waals surface area contributed by atoms with E-state index in [0.29, 0.717) is 6.54 Å². The van der Waals surface area contributed by atoms with Crippen LogP contribution in [-0.2, 0) is 11.2 Å². The van der Waals surface area contributed by atoms with Crippen molar-refractivity contribution in [3.05, 3.63) is 30.1 Å². The molecule has 0 atom stereocenters. The van der Waals surface area contributed by atoms with Gasteiger partial charge in [0, 0.05) is 13.0 Å². The molecule has 2 aromatic rings. The quantitative estimate of drug-likeness (QED) is 0.718. The Hall–Kier alpha value is -1.30. The van der Waals surface area contributed by atoms with Crippen LogP contribution in [0, 0.1) is 0 Å². The summed E-state index contributed by atoms with van der Waals surface area (Å²) in [7, 11) is 0. The molecule has 7 heteroatoms. The first-order valence-electron chi connectivity index (χ1n) is 7.68. The van der Waals surface area contributed by atoms with Crippen LogP contribution in [0.1, 0.15) is 37.9 Å². The number of carbonyl (C=O) groups is 1. The van der Waals surface area contributed by atoms with E-state index in [4.69, 9.17) is 5.73 Å². The van der Waals surface area contributed by atoms with E-state index < -0.39 is 5.54 Å². The molecule has 1 saturated carbocycles. The first-order chi connectivity index (χ1) is 10.2. The number of hydrogen-bond donors (Lipinski definition) is 3. The highest BCUT2D eigenvalue weighted by Gasteiger charge is 2.36. The number of nitrogens with zero attached hydrogens (tertiary/aromatic N) is 1. The zero-order valence-electron chi connectivity index (χ0n) is 13.0. The van der Waals surface area contributed by atoms with E-state index in [1.54, 1.807) is 0 Å². The molecule has 4 N–H and O–H groups in total. The summed E-state index contributed by atoms with van der Waals surface area (Å²) in [5.74, 6) is 0.971. The summed E-state index contributed by atoms with van der Waals surface area (Å²) in [6.45, 7) is 0.648. The van der Waals surface area contributed by atoms with Crippen molar-refractivity contribution in [1.29, 1.82) is 0 Å². The minimum absolute atomic E-state index is 0. The lowest BCUT2D eigenvalue weighted by Crippen LogP contribution is -2.52. The van der Waals surface area contributed by atoms with E-state index in [2.05, 4.69) is 15.3 Å². The third kappa shape index (κ3) is 4.59. The van der Waals surface area contributed by atoms with Crippen LogP contribution in [0.2, 0.25) is 0 Å². The second-order valence-corrected chi connectivity index (χ2v) is 5.92. The lowest BCUT2D eigenvalue weighted by molar-refractivity contribution is -0.126. The number of hydrogen-bond acceptors (Lipinski definition) is 3. The summed E-state index contributed by atoms with van der Waals surface area (Å²) in [6.07, 6.45) is 5.42. The number of nitrogens with one attached hydrogen (secondary N) is 2. The predicted molar refractivity (Wildman–Crippen MR) is 97.3 cm³/mol. The fourth-order valence-electron chi connectivity index (χ4n) is 2.99. The zero-order valence-corrected chi connectivity index (χ0v) is 14.6. The fraction of sp³-hybridized carbons (Fsp3) is 0.500. The number of rotatable bonds is 5. The fourth-order valence-corrected chi connectivity index (χ4v) is 2.99. The van der Waals surface area contributed by atoms with Gasteiger partial charge in [-0.15, -0.1) is 24.8 Å². The summed E-state index contributed by atoms with van der Waals surface area (Å²) >= 11 is 0. The van der Waals surface area contributed by atoms with Gasteiger partial charge in [0.1, 0.15) is 5.82 Å². The van der Waals surface area contributed by atoms with Crippen molar-refractivity contribution in [3.63, 3.8) is 0 Å². The SMILES string of the molecule is Cl.Cl.NC1(C(=O)NCCCc2nc3ccccc3[nH]2)CCCC1. The molecular weight excluding hydrogens is 335 g/mol. The molecule has 1 heterocycles. The first kappa shape index (κ1) is 19.7. The van der Waals surface area contributed by atoms with Gasteiger partial charge >= 0.3 is 0 Å². The first-order valence-corrected chi connectivity index (χ1v) is 7.68. The van der Waals surface area contributed by atoms with Crippen molar-refractivity contribution in [2.24, 2.45) is 5.73 Å². The van der Waals surface area contributed by atoms with Gasteiger partial charge in [-0.3, -0.25) is 4.79 Å². The summed E-state index contributed by atoms with van der Waals surface area (Å²) in [6, 6.07) is 7.99. The molecule has 1 fully saturated rings. The van der Waals surface area contributed by atoms with Gasteiger partial charge in [-0.2, -0.15) is 0 Å². The van der Waals surface area contributed by atoms with Crippen molar-refractivity contribution >= 4 is 41.8 Å². The molecule has 0 radical (unpaired) electrons. The number of aromatic amines is 1. The van der Waals surface area contributed by atoms with Crippen LogP contribution in [0.25, 0.3) is 11.0 Å². The Bertz CT molecular complexity index is 605. The summed E-state index contributed by atoms with van der Waals surface area (Å²) in [5.41, 5.74) is 7.54. The topological polar surface area (TPSA) is 83.8 Å². The number of carbonyl (C=O) groups excluding carboxylic acids is 1. The maximum atomic E-state index is 12.1. The molecule has 128 valence electrons. The summed E-state index contributed by atoms with van der Waals surface area (Å²) < 4.78 is 0. The van der Waals surface area contributed by atoms with E-state index >= 15 is 0 Å². The average Bonchev–Trinajstić information content (AvgIpc) is 3.10. The lowest BCUT2D eigenvalue weighted by atomic mass is 9.98. The van der Waals surface area contributed by atoms with Gasteiger partial charge in [-0.05, 0) is 31.4 Å². The lowest BCUT2D eigenvalue weighted by Gasteiger charge is -2.22. The molecule has 3 rings (SSSR count). The maximum absolute atomic E-state index is 12.1. The zero-order chi connectivity index (χ0) is 14.7. The normalized spacial score (nSPS) is 15.7. The Kier molecular flexibility index (Phi) is 7.32. The van der Waals surface area contributed by atoms with E-state index in [9.17, 15) is 4.79 Å². The molecule has 0 bridgehead atoms. The Morgan fingerprint density at radius 1 is 1.26 bits per heavy atom. The largest absolute Gasteiger partial charge is 0.354 e. The van der Waals surface area contributed by atoms with Crippen LogP contribution in [0.3, 0.4) is 0 Å². The third-order valence-electron chi connectivity index (χ3n) is 4.26. The molecule has 23 heavy (non-hydrogen) atoms. The number of halogens is 2. The van der Waals surface area contributed by atoms with Crippen LogP contribution in [-0.4, -0.2) is 28.0 Å². The second-order valence-electron chi connectivity index (χ2n) is 5.92. The summed E-state index contributed by atoms with van der Waals surface area (Å²) in [4.78, 5) is 19.9. The highest BCUT2D eigenvalue weighted by Crippen LogP contribution is 2.27. The van der Waals surface area contributed by atoms with Gasteiger partial charge in [0.05, 0.1) is 16.6 Å². The van der Waals surface area contributed by atoms with E-state index in [1.165, 1.54) is 0 Å². The number of fused-ring (bicyclic) bond motifs is 1. The Morgan fingerprint density at radius 2 is 1.96 bits per heavy atom. The predicted octanol–water partition coefficient (Wildman–Crippen LogP) is 2.73. The van der Waals surface area contributed by atoms with Crippen molar-refractivity contribution in [2.45, 2.75) is 44.1 Å². The number of nitrogens with two attached hydrogens (primary N) is 1. The molecule has 0 aliphatic heterocycles. The Balaban J connectivity index is 0.00000132. The van der Waals surface area contributed by atoms with Crippen LogP contribution in [0.15, 0.2) is 24.3 Å². The second kappa shape index (κ2) is 8.52. The summed E-state index contributed by atoms with van der Waals surface area (Å²) in [5, 5.41) is 2.96. The molecule has 1 amide bonds. The highest BCUT2D eigenvalue weighted by atomic mass is 35.5. The number of para-hydroxylation sites is 2. The molecule has 1 aromatic carbocycles.